The molecule has 3 aromatic carbocycles. The second-order valence-electron chi connectivity index (χ2n) is 10.3. The third-order valence-corrected chi connectivity index (χ3v) is 6.27. The lowest BCUT2D eigenvalue weighted by atomic mass is 10.0. The van der Waals surface area contributed by atoms with Crippen LogP contribution < -0.4 is 10.1 Å². The third-order valence-electron chi connectivity index (χ3n) is 5.68. The average molecular weight is 542 g/mol. The Kier molecular flexibility index (Phi) is 9.63. The number of aryl methyl sites for hydroxylation is 2. The molecule has 0 radical (unpaired) electrons. The number of benzene rings is 3. The standard InChI is InChI=1S/C30H34Cl2N2O3/c1-20-13-21(2)15-25(14-20)37-19-28(35)34(18-23-11-12-24(31)17-26(23)32)27(29(36)33-30(3,4)5)16-22-9-7-6-8-10-22/h6-15,17,27H,16,18-19H2,1-5H3,(H,33,36)/t27-/m0/s1. The number of nitrogens with one attached hydrogen (secondary N) is 1. The van der Waals surface area contributed by atoms with Crippen LogP contribution in [0.3, 0.4) is 0 Å². The smallest absolute Gasteiger partial charge is 0.261 e. The molecule has 37 heavy (non-hydrogen) atoms. The first-order valence-electron chi connectivity index (χ1n) is 12.2. The molecule has 0 saturated carbocycles. The maximum Gasteiger partial charge on any atom is 0.261 e. The van der Waals surface area contributed by atoms with Gasteiger partial charge in [-0.3, -0.25) is 9.59 Å². The van der Waals surface area contributed by atoms with Crippen LogP contribution in [0.4, 0.5) is 0 Å². The number of carbonyl (C=O) groups excluding carboxylic acids is 2. The van der Waals surface area contributed by atoms with Crippen molar-refractivity contribution in [3.8, 4) is 5.75 Å². The van der Waals surface area contributed by atoms with Gasteiger partial charge >= 0.3 is 0 Å². The van der Waals surface area contributed by atoms with E-state index in [1.807, 2.05) is 83.1 Å². The Morgan fingerprint density at radius 3 is 2.19 bits per heavy atom. The van der Waals surface area contributed by atoms with Gasteiger partial charge in [-0.15, -0.1) is 0 Å². The topological polar surface area (TPSA) is 58.6 Å². The highest BCUT2D eigenvalue weighted by Crippen LogP contribution is 2.25. The van der Waals surface area contributed by atoms with E-state index in [1.165, 1.54) is 0 Å². The number of nitrogens with zero attached hydrogens (tertiary/aromatic N) is 1. The second kappa shape index (κ2) is 12.5. The quantitative estimate of drug-likeness (QED) is 0.335. The fourth-order valence-electron chi connectivity index (χ4n) is 4.08. The maximum absolute atomic E-state index is 13.7. The Hall–Kier alpha value is -3.02. The van der Waals surface area contributed by atoms with Crippen LogP contribution in [0.25, 0.3) is 0 Å². The van der Waals surface area contributed by atoms with Crippen molar-refractivity contribution in [3.05, 3.63) is 99.0 Å². The summed E-state index contributed by atoms with van der Waals surface area (Å²) in [5, 5.41) is 3.97. The predicted octanol–water partition coefficient (Wildman–Crippen LogP) is 6.54. The monoisotopic (exact) mass is 540 g/mol. The molecule has 196 valence electrons. The Balaban J connectivity index is 1.97. The molecule has 0 aliphatic heterocycles. The normalized spacial score (nSPS) is 12.1. The fourth-order valence-corrected chi connectivity index (χ4v) is 4.55. The van der Waals surface area contributed by atoms with Crippen LogP contribution >= 0.6 is 23.2 Å². The molecule has 0 spiro atoms. The summed E-state index contributed by atoms with van der Waals surface area (Å²) in [5.74, 6) is 0.0328. The molecule has 0 aromatic heterocycles. The molecule has 0 fully saturated rings. The fraction of sp³-hybridized carbons (Fsp3) is 0.333. The molecule has 1 atom stereocenters. The Morgan fingerprint density at radius 2 is 1.59 bits per heavy atom. The van der Waals surface area contributed by atoms with Crippen molar-refractivity contribution in [3.63, 3.8) is 0 Å². The molecule has 0 unspecified atom stereocenters. The lowest BCUT2D eigenvalue weighted by Crippen LogP contribution is -2.55. The molecule has 3 rings (SSSR count). The van der Waals surface area contributed by atoms with Crippen LogP contribution in [0.5, 0.6) is 5.75 Å². The molecular weight excluding hydrogens is 507 g/mol. The Bertz CT molecular complexity index is 1220. The van der Waals surface area contributed by atoms with Gasteiger partial charge in [0.1, 0.15) is 11.8 Å². The van der Waals surface area contributed by atoms with Crippen LogP contribution in [0, 0.1) is 13.8 Å². The maximum atomic E-state index is 13.7. The molecule has 3 aromatic rings. The zero-order chi connectivity index (χ0) is 27.2. The molecule has 0 saturated heterocycles. The van der Waals surface area contributed by atoms with Gasteiger partial charge < -0.3 is 15.0 Å². The Morgan fingerprint density at radius 1 is 0.946 bits per heavy atom. The van der Waals surface area contributed by atoms with Gasteiger partial charge in [0, 0.05) is 28.5 Å². The van der Waals surface area contributed by atoms with Gasteiger partial charge in [-0.25, -0.2) is 0 Å². The van der Waals surface area contributed by atoms with E-state index in [-0.39, 0.29) is 25.0 Å². The molecule has 5 nitrogen and oxygen atoms in total. The minimum absolute atomic E-state index is 0.125. The van der Waals surface area contributed by atoms with E-state index in [4.69, 9.17) is 27.9 Å². The molecular formula is C30H34Cl2N2O3. The van der Waals surface area contributed by atoms with Gasteiger partial charge in [0.2, 0.25) is 5.91 Å². The number of halogens is 2. The second-order valence-corrected chi connectivity index (χ2v) is 11.2. The van der Waals surface area contributed by atoms with Crippen LogP contribution in [-0.2, 0) is 22.6 Å². The number of hydrogen-bond donors (Lipinski definition) is 1. The van der Waals surface area contributed by atoms with Gasteiger partial charge in [0.25, 0.3) is 5.91 Å². The van der Waals surface area contributed by atoms with Gasteiger partial charge in [0.05, 0.1) is 0 Å². The SMILES string of the molecule is Cc1cc(C)cc(OCC(=O)N(Cc2ccc(Cl)cc2Cl)[C@@H](Cc2ccccc2)C(=O)NC(C)(C)C)c1. The number of ether oxygens (including phenoxy) is 1. The van der Waals surface area contributed by atoms with E-state index in [2.05, 4.69) is 5.32 Å². The summed E-state index contributed by atoms with van der Waals surface area (Å²) in [7, 11) is 0. The summed E-state index contributed by atoms with van der Waals surface area (Å²) in [4.78, 5) is 28.9. The summed E-state index contributed by atoms with van der Waals surface area (Å²) in [6.45, 7) is 9.59. The van der Waals surface area contributed by atoms with Crippen molar-refractivity contribution in [2.24, 2.45) is 0 Å². The predicted molar refractivity (Wildman–Crippen MR) is 150 cm³/mol. The first-order valence-corrected chi connectivity index (χ1v) is 13.0. The summed E-state index contributed by atoms with van der Waals surface area (Å²) >= 11 is 12.6. The molecule has 7 heteroatoms. The summed E-state index contributed by atoms with van der Waals surface area (Å²) in [5.41, 5.74) is 3.23. The van der Waals surface area contributed by atoms with E-state index >= 15 is 0 Å². The average Bonchev–Trinajstić information content (AvgIpc) is 2.80. The minimum Gasteiger partial charge on any atom is -0.484 e. The van der Waals surface area contributed by atoms with Crippen molar-refractivity contribution < 1.29 is 14.3 Å². The lowest BCUT2D eigenvalue weighted by Gasteiger charge is -2.34. The zero-order valence-corrected chi connectivity index (χ0v) is 23.5. The highest BCUT2D eigenvalue weighted by molar-refractivity contribution is 6.35. The van der Waals surface area contributed by atoms with Crippen molar-refractivity contribution in [1.29, 1.82) is 0 Å². The number of hydrogen-bond acceptors (Lipinski definition) is 3. The first-order chi connectivity index (χ1) is 17.4. The van der Waals surface area contributed by atoms with Crippen LogP contribution in [0.15, 0.2) is 66.7 Å². The van der Waals surface area contributed by atoms with Gasteiger partial charge in [-0.2, -0.15) is 0 Å². The number of amides is 2. The summed E-state index contributed by atoms with van der Waals surface area (Å²) in [6, 6.07) is 19.8. The first kappa shape index (κ1) is 28.5. The van der Waals surface area contributed by atoms with Crippen molar-refractivity contribution in [1.82, 2.24) is 10.2 Å². The lowest BCUT2D eigenvalue weighted by molar-refractivity contribution is -0.143. The van der Waals surface area contributed by atoms with E-state index in [0.29, 0.717) is 27.8 Å². The van der Waals surface area contributed by atoms with E-state index in [0.717, 1.165) is 16.7 Å². The molecule has 0 aliphatic carbocycles. The van der Waals surface area contributed by atoms with Gasteiger partial charge in [0.15, 0.2) is 6.61 Å². The minimum atomic E-state index is -0.788. The van der Waals surface area contributed by atoms with Gasteiger partial charge in [-0.1, -0.05) is 65.7 Å². The van der Waals surface area contributed by atoms with Crippen molar-refractivity contribution in [2.75, 3.05) is 6.61 Å². The van der Waals surface area contributed by atoms with Crippen LogP contribution in [0.1, 0.15) is 43.0 Å². The van der Waals surface area contributed by atoms with E-state index < -0.39 is 11.6 Å². The molecule has 1 N–H and O–H groups in total. The van der Waals surface area contributed by atoms with Crippen LogP contribution in [-0.4, -0.2) is 34.9 Å². The highest BCUT2D eigenvalue weighted by atomic mass is 35.5. The Labute approximate surface area is 229 Å². The summed E-state index contributed by atoms with van der Waals surface area (Å²) in [6.07, 6.45) is 0.337. The molecule has 0 bridgehead atoms. The van der Waals surface area contributed by atoms with Crippen molar-refractivity contribution >= 4 is 35.0 Å². The molecule has 2 amide bonds. The molecule has 0 aliphatic rings. The zero-order valence-electron chi connectivity index (χ0n) is 22.0. The number of carbonyl (C=O) groups is 2. The van der Waals surface area contributed by atoms with E-state index in [9.17, 15) is 9.59 Å². The highest BCUT2D eigenvalue weighted by Gasteiger charge is 2.32. The third kappa shape index (κ3) is 8.80. The molecule has 0 heterocycles. The largest absolute Gasteiger partial charge is 0.484 e. The van der Waals surface area contributed by atoms with Crippen LogP contribution in [0.2, 0.25) is 10.0 Å². The summed E-state index contributed by atoms with van der Waals surface area (Å²) < 4.78 is 5.90. The van der Waals surface area contributed by atoms with Gasteiger partial charge in [-0.05, 0) is 81.1 Å². The van der Waals surface area contributed by atoms with Crippen molar-refractivity contribution in [2.45, 2.75) is 59.2 Å². The number of rotatable bonds is 9. The van der Waals surface area contributed by atoms with E-state index in [1.54, 1.807) is 23.1 Å².